The van der Waals surface area contributed by atoms with Gasteiger partial charge in [0.15, 0.2) is 6.10 Å². The zero-order valence-corrected chi connectivity index (χ0v) is 53.1. The van der Waals surface area contributed by atoms with Gasteiger partial charge in [0.2, 0.25) is 0 Å². The van der Waals surface area contributed by atoms with E-state index in [1.54, 1.807) is 0 Å². The average molecular weight is 1120 g/mol. The van der Waals surface area contributed by atoms with E-state index >= 15 is 0 Å². The Morgan fingerprint density at radius 3 is 0.800 bits per heavy atom. The minimum atomic E-state index is -0.797. The molecule has 0 spiro atoms. The molecule has 0 saturated heterocycles. The van der Waals surface area contributed by atoms with Crippen LogP contribution in [-0.4, -0.2) is 37.2 Å². The molecular formula is C74H130O6. The lowest BCUT2D eigenvalue weighted by atomic mass is 10.0. The monoisotopic (exact) mass is 1110 g/mol. The molecule has 0 aromatic carbocycles. The summed E-state index contributed by atoms with van der Waals surface area (Å²) < 4.78 is 17.0. The second-order valence-electron chi connectivity index (χ2n) is 23.1. The fraction of sp³-hybridized carbons (Fsp3) is 0.770. The van der Waals surface area contributed by atoms with E-state index in [4.69, 9.17) is 14.2 Å². The Morgan fingerprint density at radius 1 is 0.263 bits per heavy atom. The number of ether oxygens (including phenoxy) is 3. The third-order valence-electron chi connectivity index (χ3n) is 15.1. The van der Waals surface area contributed by atoms with Crippen molar-refractivity contribution in [1.29, 1.82) is 0 Å². The van der Waals surface area contributed by atoms with Crippen LogP contribution in [0.5, 0.6) is 0 Å². The number of allylic oxidation sites excluding steroid dienone is 14. The van der Waals surface area contributed by atoms with Crippen molar-refractivity contribution in [2.75, 3.05) is 13.2 Å². The Bertz CT molecular complexity index is 1520. The van der Waals surface area contributed by atoms with Crippen LogP contribution in [0.25, 0.3) is 0 Å². The molecule has 0 amide bonds. The second kappa shape index (κ2) is 68.1. The predicted octanol–water partition coefficient (Wildman–Crippen LogP) is 23.8. The number of carbonyl (C=O) groups is 3. The van der Waals surface area contributed by atoms with Crippen LogP contribution in [-0.2, 0) is 28.6 Å². The zero-order valence-electron chi connectivity index (χ0n) is 53.1. The fourth-order valence-electron chi connectivity index (χ4n) is 9.97. The molecule has 0 heterocycles. The van der Waals surface area contributed by atoms with Gasteiger partial charge in [-0.3, -0.25) is 14.4 Å². The molecule has 0 aliphatic rings. The molecule has 6 heteroatoms. The first-order chi connectivity index (χ1) is 39.5. The normalized spacial score (nSPS) is 12.6. The summed E-state index contributed by atoms with van der Waals surface area (Å²) in [5.74, 6) is -0.907. The van der Waals surface area contributed by atoms with Crippen LogP contribution in [0, 0.1) is 0 Å². The second-order valence-corrected chi connectivity index (χ2v) is 23.1. The van der Waals surface area contributed by atoms with E-state index in [1.165, 1.54) is 205 Å². The molecule has 0 aliphatic carbocycles. The van der Waals surface area contributed by atoms with Crippen LogP contribution in [0.2, 0.25) is 0 Å². The van der Waals surface area contributed by atoms with Crippen LogP contribution >= 0.6 is 0 Å². The molecule has 0 rings (SSSR count). The van der Waals surface area contributed by atoms with Gasteiger partial charge in [-0.1, -0.05) is 318 Å². The lowest BCUT2D eigenvalue weighted by Gasteiger charge is -2.18. The molecule has 0 radical (unpaired) electrons. The number of rotatable bonds is 63. The minimum absolute atomic E-state index is 0.0884. The molecular weight excluding hydrogens is 985 g/mol. The summed E-state index contributed by atoms with van der Waals surface area (Å²) in [7, 11) is 0. The van der Waals surface area contributed by atoms with Crippen molar-refractivity contribution in [2.45, 2.75) is 354 Å². The first-order valence-corrected chi connectivity index (χ1v) is 34.6. The molecule has 1 atom stereocenters. The molecule has 0 fully saturated rings. The lowest BCUT2D eigenvalue weighted by Crippen LogP contribution is -2.30. The number of unbranched alkanes of at least 4 members (excludes halogenated alkanes) is 38. The predicted molar refractivity (Wildman–Crippen MR) is 348 cm³/mol. The molecule has 0 saturated carbocycles. The fourth-order valence-corrected chi connectivity index (χ4v) is 9.97. The maximum atomic E-state index is 12.9. The summed E-state index contributed by atoms with van der Waals surface area (Å²) in [6, 6.07) is 0. The molecule has 462 valence electrons. The first kappa shape index (κ1) is 76.6. The highest BCUT2D eigenvalue weighted by Gasteiger charge is 2.19. The third kappa shape index (κ3) is 65.4. The van der Waals surface area contributed by atoms with Gasteiger partial charge in [-0.15, -0.1) is 0 Å². The Kier molecular flexibility index (Phi) is 65.2. The van der Waals surface area contributed by atoms with Crippen LogP contribution in [0.15, 0.2) is 85.1 Å². The maximum absolute atomic E-state index is 12.9. The molecule has 0 N–H and O–H groups in total. The minimum Gasteiger partial charge on any atom is -0.462 e. The van der Waals surface area contributed by atoms with Gasteiger partial charge in [-0.2, -0.15) is 0 Å². The van der Waals surface area contributed by atoms with Crippen LogP contribution in [0.1, 0.15) is 348 Å². The van der Waals surface area contributed by atoms with Crippen molar-refractivity contribution in [3.05, 3.63) is 85.1 Å². The number of hydrogen-bond donors (Lipinski definition) is 0. The highest BCUT2D eigenvalue weighted by molar-refractivity contribution is 5.71. The molecule has 0 aromatic heterocycles. The van der Waals surface area contributed by atoms with Gasteiger partial charge in [0, 0.05) is 19.3 Å². The van der Waals surface area contributed by atoms with Crippen LogP contribution in [0.3, 0.4) is 0 Å². The molecule has 80 heavy (non-hydrogen) atoms. The molecule has 0 aromatic rings. The third-order valence-corrected chi connectivity index (χ3v) is 15.1. The van der Waals surface area contributed by atoms with Gasteiger partial charge in [0.05, 0.1) is 0 Å². The number of hydrogen-bond acceptors (Lipinski definition) is 6. The van der Waals surface area contributed by atoms with Gasteiger partial charge in [-0.05, 0) is 96.3 Å². The SMILES string of the molecule is CC/C=C\C/C=C\C/C=C\C/C=C\C/C=C\CCCCCC(=O)OC(COC(=O)CCCCCCCCCCC/C=C\C/C=C\CCCCC)COC(=O)CCCCCCCCCCCCCCCCCCCCCCCCCC. The van der Waals surface area contributed by atoms with Gasteiger partial charge < -0.3 is 14.2 Å². The van der Waals surface area contributed by atoms with Gasteiger partial charge >= 0.3 is 17.9 Å². The van der Waals surface area contributed by atoms with E-state index in [2.05, 4.69) is 106 Å². The van der Waals surface area contributed by atoms with Crippen molar-refractivity contribution >= 4 is 17.9 Å². The first-order valence-electron chi connectivity index (χ1n) is 34.6. The molecule has 6 nitrogen and oxygen atoms in total. The Balaban J connectivity index is 4.38. The van der Waals surface area contributed by atoms with E-state index in [-0.39, 0.29) is 37.5 Å². The van der Waals surface area contributed by atoms with Crippen LogP contribution < -0.4 is 0 Å². The molecule has 1 unspecified atom stereocenters. The van der Waals surface area contributed by atoms with Gasteiger partial charge in [0.1, 0.15) is 13.2 Å². The number of carbonyl (C=O) groups excluding carboxylic acids is 3. The maximum Gasteiger partial charge on any atom is 0.306 e. The van der Waals surface area contributed by atoms with Gasteiger partial charge in [-0.25, -0.2) is 0 Å². The summed E-state index contributed by atoms with van der Waals surface area (Å²) in [5, 5.41) is 0. The molecule has 0 bridgehead atoms. The highest BCUT2D eigenvalue weighted by atomic mass is 16.6. The number of esters is 3. The molecule has 0 aliphatic heterocycles. The topological polar surface area (TPSA) is 78.9 Å². The Labute approximate surface area is 496 Å². The van der Waals surface area contributed by atoms with Crippen molar-refractivity contribution < 1.29 is 28.6 Å². The Morgan fingerprint density at radius 2 is 0.487 bits per heavy atom. The van der Waals surface area contributed by atoms with Crippen molar-refractivity contribution in [3.8, 4) is 0 Å². The summed E-state index contributed by atoms with van der Waals surface area (Å²) in [6.45, 7) is 6.52. The summed E-state index contributed by atoms with van der Waals surface area (Å²) in [6.07, 6.45) is 90.3. The van der Waals surface area contributed by atoms with Gasteiger partial charge in [0.25, 0.3) is 0 Å². The van der Waals surface area contributed by atoms with E-state index < -0.39 is 6.10 Å². The summed E-state index contributed by atoms with van der Waals surface area (Å²) >= 11 is 0. The standard InChI is InChI=1S/C74H130O6/c1-4-7-10-13-16-19-22-25-28-31-34-35-36-37-38-41-43-46-49-52-55-58-61-64-67-73(76)79-70-71(80-74(77)68-65-62-59-56-53-50-47-44-40-33-30-27-24-21-18-15-12-9-6-3)69-78-72(75)66-63-60-57-54-51-48-45-42-39-32-29-26-23-20-17-14-11-8-5-2/h9,12,17-18,20-21,26-27,29-30,40,44,50,53,71H,4-8,10-11,13-16,19,22-25,28,31-39,41-43,45-49,51-52,54-70H2,1-3H3/b12-9-,20-17-,21-18-,29-26-,30-27-,44-40-,53-50-. The van der Waals surface area contributed by atoms with E-state index in [0.29, 0.717) is 12.8 Å². The van der Waals surface area contributed by atoms with Crippen molar-refractivity contribution in [2.24, 2.45) is 0 Å². The van der Waals surface area contributed by atoms with Crippen LogP contribution in [0.4, 0.5) is 0 Å². The summed E-state index contributed by atoms with van der Waals surface area (Å²) in [5.41, 5.74) is 0. The van der Waals surface area contributed by atoms with Crippen molar-refractivity contribution in [3.63, 3.8) is 0 Å². The Hall–Kier alpha value is -3.41. The average Bonchev–Trinajstić information content (AvgIpc) is 3.46. The lowest BCUT2D eigenvalue weighted by molar-refractivity contribution is -0.167. The van der Waals surface area contributed by atoms with E-state index in [9.17, 15) is 14.4 Å². The highest BCUT2D eigenvalue weighted by Crippen LogP contribution is 2.18. The summed E-state index contributed by atoms with van der Waals surface area (Å²) in [4.78, 5) is 38.4. The van der Waals surface area contributed by atoms with E-state index in [0.717, 1.165) is 103 Å². The van der Waals surface area contributed by atoms with E-state index in [1.807, 2.05) is 0 Å². The quantitative estimate of drug-likeness (QED) is 0.0261. The van der Waals surface area contributed by atoms with Crippen molar-refractivity contribution in [1.82, 2.24) is 0 Å². The zero-order chi connectivity index (χ0) is 57.8. The smallest absolute Gasteiger partial charge is 0.306 e. The largest absolute Gasteiger partial charge is 0.462 e.